The number of aromatic nitrogens is 2. The van der Waals surface area contributed by atoms with Gasteiger partial charge in [-0.1, -0.05) is 0 Å². The van der Waals surface area contributed by atoms with Crippen molar-refractivity contribution in [1.29, 1.82) is 10.5 Å². The number of nitriles is 2. The Kier molecular flexibility index (Phi) is 5.10. The maximum absolute atomic E-state index is 9.10. The molecule has 2 aromatic carbocycles. The Morgan fingerprint density at radius 1 is 0.929 bits per heavy atom. The van der Waals surface area contributed by atoms with Gasteiger partial charge in [-0.15, -0.1) is 0 Å². The minimum atomic E-state index is 0.284. The summed E-state index contributed by atoms with van der Waals surface area (Å²) in [5.41, 5.74) is 10.2. The molecule has 0 saturated heterocycles. The quantitative estimate of drug-likeness (QED) is 0.703. The number of nitrogens with two attached hydrogens (primary N) is 1. The van der Waals surface area contributed by atoms with Crippen LogP contribution in [0, 0.1) is 43.4 Å². The van der Waals surface area contributed by atoms with Crippen molar-refractivity contribution in [3.05, 3.63) is 64.2 Å². The van der Waals surface area contributed by atoms with Gasteiger partial charge in [0.2, 0.25) is 11.8 Å². The van der Waals surface area contributed by atoms with Crippen LogP contribution in [0.2, 0.25) is 0 Å². The molecule has 0 fully saturated rings. The minimum Gasteiger partial charge on any atom is -0.438 e. The second-order valence-electron chi connectivity index (χ2n) is 6.33. The third kappa shape index (κ3) is 3.84. The van der Waals surface area contributed by atoms with Gasteiger partial charge in [-0.2, -0.15) is 20.5 Å². The SMILES string of the molecule is Cc1cc(C#N)cc(C)c1Oc1nc(Nc2ccc(C#N)cc2)nc(N)c1C. The Morgan fingerprint density at radius 2 is 1.54 bits per heavy atom. The molecule has 0 radical (unpaired) electrons. The number of hydrogen-bond acceptors (Lipinski definition) is 7. The van der Waals surface area contributed by atoms with Crippen LogP contribution in [0.1, 0.15) is 27.8 Å². The van der Waals surface area contributed by atoms with Gasteiger partial charge in [-0.3, -0.25) is 0 Å². The molecule has 1 aromatic heterocycles. The molecule has 7 heteroatoms. The Labute approximate surface area is 163 Å². The van der Waals surface area contributed by atoms with E-state index in [1.54, 1.807) is 43.3 Å². The maximum Gasteiger partial charge on any atom is 0.232 e. The predicted octanol–water partition coefficient (Wildman–Crippen LogP) is 4.26. The lowest BCUT2D eigenvalue weighted by Crippen LogP contribution is -2.06. The number of ether oxygens (including phenoxy) is 1. The van der Waals surface area contributed by atoms with E-state index >= 15 is 0 Å². The molecule has 3 rings (SSSR count). The number of benzene rings is 2. The van der Waals surface area contributed by atoms with Crippen LogP contribution in [0.25, 0.3) is 0 Å². The summed E-state index contributed by atoms with van der Waals surface area (Å²) in [5, 5.41) is 21.1. The van der Waals surface area contributed by atoms with Crippen molar-refractivity contribution >= 4 is 17.5 Å². The number of anilines is 3. The van der Waals surface area contributed by atoms with Gasteiger partial charge >= 0.3 is 0 Å². The Bertz CT molecular complexity index is 1100. The fraction of sp³-hybridized carbons (Fsp3) is 0.143. The maximum atomic E-state index is 9.10. The second-order valence-corrected chi connectivity index (χ2v) is 6.33. The summed E-state index contributed by atoms with van der Waals surface area (Å²) >= 11 is 0. The van der Waals surface area contributed by atoms with E-state index in [9.17, 15) is 0 Å². The first-order valence-electron chi connectivity index (χ1n) is 8.51. The Morgan fingerprint density at radius 3 is 2.11 bits per heavy atom. The standard InChI is InChI=1S/C21H18N6O/c1-12-8-16(11-23)9-13(2)18(12)28-20-14(3)19(24)26-21(27-20)25-17-6-4-15(10-22)5-7-17/h4-9H,1-3H3,(H3,24,25,26,27). The van der Waals surface area contributed by atoms with Crippen molar-refractivity contribution in [2.75, 3.05) is 11.1 Å². The first-order valence-corrected chi connectivity index (χ1v) is 8.51. The van der Waals surface area contributed by atoms with Crippen molar-refractivity contribution < 1.29 is 4.74 Å². The molecule has 3 N–H and O–H groups in total. The molecule has 0 unspecified atom stereocenters. The normalized spacial score (nSPS) is 10.0. The Hall–Kier alpha value is -4.10. The first kappa shape index (κ1) is 18.7. The fourth-order valence-electron chi connectivity index (χ4n) is 2.70. The summed E-state index contributed by atoms with van der Waals surface area (Å²) in [6, 6.07) is 14.6. The summed E-state index contributed by atoms with van der Waals surface area (Å²) in [6.07, 6.45) is 0. The van der Waals surface area contributed by atoms with Gasteiger partial charge in [0.25, 0.3) is 0 Å². The van der Waals surface area contributed by atoms with Crippen molar-refractivity contribution in [3.63, 3.8) is 0 Å². The number of hydrogen-bond donors (Lipinski definition) is 2. The van der Waals surface area contributed by atoms with E-state index in [1.165, 1.54) is 0 Å². The van der Waals surface area contributed by atoms with E-state index in [0.717, 1.165) is 16.8 Å². The molecule has 0 aliphatic rings. The van der Waals surface area contributed by atoms with E-state index in [1.807, 2.05) is 13.8 Å². The molecule has 1 heterocycles. The highest BCUT2D eigenvalue weighted by molar-refractivity contribution is 5.59. The highest BCUT2D eigenvalue weighted by atomic mass is 16.5. The van der Waals surface area contributed by atoms with Crippen LogP contribution >= 0.6 is 0 Å². The van der Waals surface area contributed by atoms with Crippen molar-refractivity contribution in [2.24, 2.45) is 0 Å². The number of rotatable bonds is 4. The Balaban J connectivity index is 1.94. The molecule has 0 aliphatic carbocycles. The van der Waals surface area contributed by atoms with E-state index < -0.39 is 0 Å². The molecule has 0 aliphatic heterocycles. The fourth-order valence-corrected chi connectivity index (χ4v) is 2.70. The number of nitrogens with one attached hydrogen (secondary N) is 1. The molecule has 7 nitrogen and oxygen atoms in total. The summed E-state index contributed by atoms with van der Waals surface area (Å²) in [5.74, 6) is 1.54. The van der Waals surface area contributed by atoms with Gasteiger partial charge in [0.15, 0.2) is 0 Å². The van der Waals surface area contributed by atoms with Gasteiger partial charge in [0, 0.05) is 5.69 Å². The third-order valence-electron chi connectivity index (χ3n) is 4.20. The zero-order valence-corrected chi connectivity index (χ0v) is 15.7. The monoisotopic (exact) mass is 370 g/mol. The molecule has 0 saturated carbocycles. The van der Waals surface area contributed by atoms with Crippen LogP contribution < -0.4 is 15.8 Å². The van der Waals surface area contributed by atoms with Crippen LogP contribution in [0.3, 0.4) is 0 Å². The van der Waals surface area contributed by atoms with E-state index in [-0.39, 0.29) is 5.95 Å². The number of aryl methyl sites for hydroxylation is 2. The molecular weight excluding hydrogens is 352 g/mol. The van der Waals surface area contributed by atoms with Crippen LogP contribution in [-0.4, -0.2) is 9.97 Å². The number of nitrogen functional groups attached to an aromatic ring is 1. The van der Waals surface area contributed by atoms with Crippen molar-refractivity contribution in [2.45, 2.75) is 20.8 Å². The van der Waals surface area contributed by atoms with Gasteiger partial charge in [0.05, 0.1) is 28.8 Å². The molecular formula is C21H18N6O. The average Bonchev–Trinajstić information content (AvgIpc) is 2.68. The summed E-state index contributed by atoms with van der Waals surface area (Å²) in [4.78, 5) is 8.69. The van der Waals surface area contributed by atoms with Crippen LogP contribution in [0.15, 0.2) is 36.4 Å². The largest absolute Gasteiger partial charge is 0.438 e. The lowest BCUT2D eigenvalue weighted by atomic mass is 10.1. The van der Waals surface area contributed by atoms with Gasteiger partial charge < -0.3 is 15.8 Å². The lowest BCUT2D eigenvalue weighted by molar-refractivity contribution is 0.452. The second kappa shape index (κ2) is 7.65. The third-order valence-corrected chi connectivity index (χ3v) is 4.20. The molecule has 0 spiro atoms. The van der Waals surface area contributed by atoms with Crippen LogP contribution in [0.4, 0.5) is 17.5 Å². The van der Waals surface area contributed by atoms with Gasteiger partial charge in [-0.05, 0) is 68.3 Å². The first-order chi connectivity index (χ1) is 13.4. The highest BCUT2D eigenvalue weighted by Gasteiger charge is 2.14. The summed E-state index contributed by atoms with van der Waals surface area (Å²) < 4.78 is 6.04. The highest BCUT2D eigenvalue weighted by Crippen LogP contribution is 2.32. The van der Waals surface area contributed by atoms with Crippen molar-refractivity contribution in [1.82, 2.24) is 9.97 Å². The van der Waals surface area contributed by atoms with E-state index in [4.69, 9.17) is 21.0 Å². The van der Waals surface area contributed by atoms with Gasteiger partial charge in [-0.25, -0.2) is 0 Å². The average molecular weight is 370 g/mol. The minimum absolute atomic E-state index is 0.284. The van der Waals surface area contributed by atoms with E-state index in [2.05, 4.69) is 27.4 Å². The molecule has 0 amide bonds. The predicted molar refractivity (Wildman–Crippen MR) is 106 cm³/mol. The van der Waals surface area contributed by atoms with Gasteiger partial charge in [0.1, 0.15) is 11.6 Å². The molecule has 3 aromatic rings. The molecule has 28 heavy (non-hydrogen) atoms. The zero-order valence-electron chi connectivity index (χ0n) is 15.7. The smallest absolute Gasteiger partial charge is 0.232 e. The number of nitrogens with zero attached hydrogens (tertiary/aromatic N) is 4. The molecule has 0 bridgehead atoms. The topological polar surface area (TPSA) is 121 Å². The van der Waals surface area contributed by atoms with Crippen LogP contribution in [-0.2, 0) is 0 Å². The summed E-state index contributed by atoms with van der Waals surface area (Å²) in [7, 11) is 0. The molecule has 138 valence electrons. The van der Waals surface area contributed by atoms with Crippen LogP contribution in [0.5, 0.6) is 11.6 Å². The van der Waals surface area contributed by atoms with Crippen molar-refractivity contribution in [3.8, 4) is 23.8 Å². The summed E-state index contributed by atoms with van der Waals surface area (Å²) in [6.45, 7) is 5.53. The molecule has 0 atom stereocenters. The lowest BCUT2D eigenvalue weighted by Gasteiger charge is -2.15. The zero-order chi connectivity index (χ0) is 20.3. The van der Waals surface area contributed by atoms with E-state index in [0.29, 0.717) is 34.1 Å².